The van der Waals surface area contributed by atoms with E-state index in [1.54, 1.807) is 0 Å². The van der Waals surface area contributed by atoms with Crippen molar-refractivity contribution in [2.45, 2.75) is 42.9 Å². The molecule has 1 aromatic carbocycles. The van der Waals surface area contributed by atoms with Crippen LogP contribution in [0, 0.1) is 0 Å². The second-order valence-corrected chi connectivity index (χ2v) is 9.55. The van der Waals surface area contributed by atoms with Gasteiger partial charge >= 0.3 is 0 Å². The van der Waals surface area contributed by atoms with Gasteiger partial charge in [-0.2, -0.15) is 16.9 Å². The fourth-order valence-electron chi connectivity index (χ4n) is 4.08. The smallest absolute Gasteiger partial charge is 0.143 e. The van der Waals surface area contributed by atoms with Gasteiger partial charge in [0.25, 0.3) is 0 Å². The molecule has 3 heterocycles. The van der Waals surface area contributed by atoms with E-state index in [1.807, 2.05) is 24.2 Å². The van der Waals surface area contributed by atoms with Crippen LogP contribution in [-0.2, 0) is 18.4 Å². The van der Waals surface area contributed by atoms with Crippen LogP contribution in [0.2, 0.25) is 0 Å². The molecule has 0 radical (unpaired) electrons. The zero-order valence-corrected chi connectivity index (χ0v) is 16.2. The summed E-state index contributed by atoms with van der Waals surface area (Å²) in [4.78, 5) is 0. The van der Waals surface area contributed by atoms with Gasteiger partial charge in [0.2, 0.25) is 0 Å². The molecule has 2 N–H and O–H groups in total. The maximum Gasteiger partial charge on any atom is 0.143 e. The highest BCUT2D eigenvalue weighted by Gasteiger charge is 2.50. The number of aromatic amines is 1. The fraction of sp³-hybridized carbons (Fsp3) is 0.450. The Bertz CT molecular complexity index is 945. The van der Waals surface area contributed by atoms with Gasteiger partial charge in [-0.05, 0) is 30.9 Å². The molecule has 140 valence electrons. The van der Waals surface area contributed by atoms with Gasteiger partial charge in [-0.25, -0.2) is 0 Å². The Balaban J connectivity index is 1.49. The van der Waals surface area contributed by atoms with Crippen LogP contribution in [0.1, 0.15) is 37.0 Å². The van der Waals surface area contributed by atoms with Gasteiger partial charge in [-0.15, -0.1) is 10.2 Å². The second kappa shape index (κ2) is 6.21. The Hall–Kier alpha value is -2.12. The van der Waals surface area contributed by atoms with Crippen molar-refractivity contribution >= 4 is 11.8 Å². The van der Waals surface area contributed by atoms with Gasteiger partial charge in [0.1, 0.15) is 11.6 Å². The van der Waals surface area contributed by atoms with Crippen molar-refractivity contribution in [1.29, 1.82) is 0 Å². The first-order valence-corrected chi connectivity index (χ1v) is 10.4. The van der Waals surface area contributed by atoms with Gasteiger partial charge in [-0.3, -0.25) is 5.10 Å². The van der Waals surface area contributed by atoms with Crippen LogP contribution in [0.15, 0.2) is 36.7 Å². The summed E-state index contributed by atoms with van der Waals surface area (Å²) in [5.74, 6) is 3.08. The quantitative estimate of drug-likeness (QED) is 0.726. The molecule has 2 aromatic heterocycles. The zero-order valence-electron chi connectivity index (χ0n) is 15.4. The Kier molecular flexibility index (Phi) is 3.91. The summed E-state index contributed by atoms with van der Waals surface area (Å²) in [6, 6.07) is 8.78. The Morgan fingerprint density at radius 3 is 2.67 bits per heavy atom. The standard InChI is InChI=1S/C20H23N5OS/c1-19(13-26)10-17-23-24-18(25(17)8-9-27-19)20(6-7-20)16-4-2-14(3-5-16)15-11-21-22-12-15/h2-5,11-12,26H,6-10,13H2,1H3,(H,21,22)/t19-/m0/s1. The van der Waals surface area contributed by atoms with E-state index in [2.05, 4.69) is 56.2 Å². The van der Waals surface area contributed by atoms with Crippen LogP contribution in [0.25, 0.3) is 11.1 Å². The van der Waals surface area contributed by atoms with E-state index in [-0.39, 0.29) is 16.8 Å². The lowest BCUT2D eigenvalue weighted by Crippen LogP contribution is -2.28. The van der Waals surface area contributed by atoms with E-state index in [9.17, 15) is 5.11 Å². The lowest BCUT2D eigenvalue weighted by atomic mass is 9.93. The van der Waals surface area contributed by atoms with Crippen LogP contribution in [0.5, 0.6) is 0 Å². The van der Waals surface area contributed by atoms with Crippen molar-refractivity contribution in [2.24, 2.45) is 0 Å². The summed E-state index contributed by atoms with van der Waals surface area (Å²) in [6.45, 7) is 3.19. The highest BCUT2D eigenvalue weighted by Crippen LogP contribution is 2.53. The summed E-state index contributed by atoms with van der Waals surface area (Å²) in [5, 5.41) is 25.8. The lowest BCUT2D eigenvalue weighted by molar-refractivity contribution is 0.254. The molecule has 1 fully saturated rings. The topological polar surface area (TPSA) is 79.6 Å². The molecule has 1 aliphatic heterocycles. The van der Waals surface area contributed by atoms with Crippen molar-refractivity contribution in [1.82, 2.24) is 25.0 Å². The number of hydrogen-bond donors (Lipinski definition) is 2. The number of nitrogens with zero attached hydrogens (tertiary/aromatic N) is 4. The third-order valence-corrected chi connectivity index (χ3v) is 7.26. The summed E-state index contributed by atoms with van der Waals surface area (Å²) >= 11 is 1.84. The van der Waals surface area contributed by atoms with Gasteiger partial charge in [0.15, 0.2) is 0 Å². The van der Waals surface area contributed by atoms with Crippen molar-refractivity contribution in [3.63, 3.8) is 0 Å². The molecule has 5 rings (SSSR count). The number of benzene rings is 1. The monoisotopic (exact) mass is 381 g/mol. The maximum atomic E-state index is 9.78. The molecule has 3 aromatic rings. The summed E-state index contributed by atoms with van der Waals surface area (Å²) in [6.07, 6.45) is 6.74. The van der Waals surface area contributed by atoms with Gasteiger partial charge in [0.05, 0.1) is 18.2 Å². The van der Waals surface area contributed by atoms with E-state index in [1.165, 1.54) is 11.1 Å². The predicted molar refractivity (Wildman–Crippen MR) is 106 cm³/mol. The minimum atomic E-state index is -0.165. The van der Waals surface area contributed by atoms with Crippen molar-refractivity contribution in [3.8, 4) is 11.1 Å². The molecular formula is C20H23N5OS. The van der Waals surface area contributed by atoms with E-state index in [0.29, 0.717) is 0 Å². The first kappa shape index (κ1) is 17.0. The molecule has 1 atom stereocenters. The second-order valence-electron chi connectivity index (χ2n) is 7.87. The SMILES string of the molecule is C[C@@]1(CO)Cc2nnc(C3(c4ccc(-c5cn[nH]c5)cc4)CC3)n2CCS1. The van der Waals surface area contributed by atoms with Gasteiger partial charge in [-0.1, -0.05) is 24.3 Å². The van der Waals surface area contributed by atoms with Crippen molar-refractivity contribution < 1.29 is 5.11 Å². The molecule has 1 saturated carbocycles. The van der Waals surface area contributed by atoms with E-state index in [0.717, 1.165) is 48.8 Å². The van der Waals surface area contributed by atoms with Crippen LogP contribution in [0.3, 0.4) is 0 Å². The number of aromatic nitrogens is 5. The molecule has 7 heteroatoms. The third-order valence-electron chi connectivity index (χ3n) is 5.91. The number of fused-ring (bicyclic) bond motifs is 1. The molecule has 0 bridgehead atoms. The van der Waals surface area contributed by atoms with E-state index in [4.69, 9.17) is 0 Å². The summed E-state index contributed by atoms with van der Waals surface area (Å²) in [7, 11) is 0. The number of aliphatic hydroxyl groups is 1. The van der Waals surface area contributed by atoms with Crippen LogP contribution >= 0.6 is 11.8 Å². The zero-order chi connectivity index (χ0) is 18.5. The van der Waals surface area contributed by atoms with Crippen LogP contribution in [0.4, 0.5) is 0 Å². The molecule has 0 saturated heterocycles. The van der Waals surface area contributed by atoms with Crippen LogP contribution in [-0.4, -0.2) is 47.2 Å². The highest BCUT2D eigenvalue weighted by molar-refractivity contribution is 8.00. The average molecular weight is 382 g/mol. The Labute approximate surface area is 162 Å². The summed E-state index contributed by atoms with van der Waals surface area (Å²) in [5.41, 5.74) is 3.57. The normalized spacial score (nSPS) is 23.6. The van der Waals surface area contributed by atoms with Crippen LogP contribution < -0.4 is 0 Å². The Morgan fingerprint density at radius 1 is 1.19 bits per heavy atom. The summed E-state index contributed by atoms with van der Waals surface area (Å²) < 4.78 is 2.15. The predicted octanol–water partition coefficient (Wildman–Crippen LogP) is 2.79. The van der Waals surface area contributed by atoms with E-state index < -0.39 is 0 Å². The molecule has 6 nitrogen and oxygen atoms in total. The number of nitrogens with one attached hydrogen (secondary N) is 1. The average Bonchev–Trinajstić information content (AvgIpc) is 3.18. The van der Waals surface area contributed by atoms with Crippen molar-refractivity contribution in [2.75, 3.05) is 12.4 Å². The highest BCUT2D eigenvalue weighted by atomic mass is 32.2. The van der Waals surface area contributed by atoms with Gasteiger partial charge in [0, 0.05) is 35.2 Å². The number of H-pyrrole nitrogens is 1. The Morgan fingerprint density at radius 2 is 2.00 bits per heavy atom. The first-order chi connectivity index (χ1) is 13.1. The van der Waals surface area contributed by atoms with Gasteiger partial charge < -0.3 is 9.67 Å². The number of thioether (sulfide) groups is 1. The number of hydrogen-bond acceptors (Lipinski definition) is 5. The molecule has 0 spiro atoms. The maximum absolute atomic E-state index is 9.78. The minimum absolute atomic E-state index is 0.00913. The largest absolute Gasteiger partial charge is 0.395 e. The third kappa shape index (κ3) is 2.80. The molecule has 0 amide bonds. The molecule has 27 heavy (non-hydrogen) atoms. The fourth-order valence-corrected chi connectivity index (χ4v) is 5.17. The first-order valence-electron chi connectivity index (χ1n) is 9.41. The minimum Gasteiger partial charge on any atom is -0.395 e. The molecule has 2 aliphatic rings. The van der Waals surface area contributed by atoms with E-state index >= 15 is 0 Å². The molecule has 1 aliphatic carbocycles. The number of rotatable bonds is 4. The molecular weight excluding hydrogens is 358 g/mol. The van der Waals surface area contributed by atoms with Crippen molar-refractivity contribution in [3.05, 3.63) is 53.9 Å². The lowest BCUT2D eigenvalue weighted by Gasteiger charge is -2.23. The molecule has 0 unspecified atom stereocenters. The number of aliphatic hydroxyl groups excluding tert-OH is 1.